The number of carbonyl (C=O) groups is 2. The third kappa shape index (κ3) is 3.06. The molecule has 1 aliphatic rings. The van der Waals surface area contributed by atoms with Gasteiger partial charge in [-0.1, -0.05) is 25.6 Å². The third-order valence-electron chi connectivity index (χ3n) is 2.78. The molecule has 1 atom stereocenters. The van der Waals surface area contributed by atoms with Crippen molar-refractivity contribution in [2.45, 2.75) is 37.1 Å². The summed E-state index contributed by atoms with van der Waals surface area (Å²) in [6, 6.07) is -0.324. The van der Waals surface area contributed by atoms with E-state index in [-0.39, 0.29) is 23.1 Å². The van der Waals surface area contributed by atoms with Crippen LogP contribution in [-0.2, 0) is 4.79 Å². The van der Waals surface area contributed by atoms with Crippen LogP contribution in [0.5, 0.6) is 0 Å². The number of imide groups is 1. The largest absolute Gasteiger partial charge is 0.336 e. The number of aromatic amines is 1. The Morgan fingerprint density at radius 3 is 2.68 bits per heavy atom. The summed E-state index contributed by atoms with van der Waals surface area (Å²) in [5.41, 5.74) is 0. The molecule has 0 spiro atoms. The molecule has 0 bridgehead atoms. The van der Waals surface area contributed by atoms with Crippen LogP contribution in [0.1, 0.15) is 32.5 Å². The minimum absolute atomic E-state index is 0.212. The van der Waals surface area contributed by atoms with E-state index in [0.717, 1.165) is 5.82 Å². The highest BCUT2D eigenvalue weighted by molar-refractivity contribution is 8.00. The molecule has 1 aromatic heterocycles. The topological polar surface area (TPSA) is 91.0 Å². The number of H-pyrrole nitrogens is 1. The van der Waals surface area contributed by atoms with E-state index in [2.05, 4.69) is 20.5 Å². The van der Waals surface area contributed by atoms with Crippen molar-refractivity contribution >= 4 is 23.7 Å². The van der Waals surface area contributed by atoms with Crippen molar-refractivity contribution < 1.29 is 9.59 Å². The molecule has 8 heteroatoms. The lowest BCUT2D eigenvalue weighted by Gasteiger charge is -2.15. The first-order valence-corrected chi connectivity index (χ1v) is 7.05. The van der Waals surface area contributed by atoms with Gasteiger partial charge in [-0.2, -0.15) is 0 Å². The average Bonchev–Trinajstić information content (AvgIpc) is 2.97. The summed E-state index contributed by atoms with van der Waals surface area (Å²) in [6.45, 7) is 6.72. The lowest BCUT2D eigenvalue weighted by Crippen LogP contribution is -2.38. The zero-order valence-corrected chi connectivity index (χ0v) is 12.0. The molecule has 2 rings (SSSR count). The molecule has 0 radical (unpaired) electrons. The van der Waals surface area contributed by atoms with Gasteiger partial charge < -0.3 is 5.32 Å². The summed E-state index contributed by atoms with van der Waals surface area (Å²) < 4.78 is 0. The summed E-state index contributed by atoms with van der Waals surface area (Å²) in [4.78, 5) is 29.0. The van der Waals surface area contributed by atoms with Crippen molar-refractivity contribution in [1.29, 1.82) is 0 Å². The number of nitrogens with one attached hydrogen (secondary N) is 2. The van der Waals surface area contributed by atoms with Crippen LogP contribution >= 0.6 is 11.8 Å². The molecule has 19 heavy (non-hydrogen) atoms. The molecule has 2 heterocycles. The fourth-order valence-corrected chi connectivity index (χ4v) is 2.47. The molecular weight excluding hydrogens is 266 g/mol. The summed E-state index contributed by atoms with van der Waals surface area (Å²) in [7, 11) is 0. The number of urea groups is 1. The molecule has 104 valence electrons. The van der Waals surface area contributed by atoms with Gasteiger partial charge in [0, 0.05) is 19.0 Å². The Morgan fingerprint density at radius 2 is 2.16 bits per heavy atom. The second kappa shape index (κ2) is 5.60. The van der Waals surface area contributed by atoms with Gasteiger partial charge in [0.1, 0.15) is 5.82 Å². The first kappa shape index (κ1) is 13.9. The van der Waals surface area contributed by atoms with Gasteiger partial charge in [0.25, 0.3) is 0 Å². The zero-order chi connectivity index (χ0) is 14.0. The zero-order valence-electron chi connectivity index (χ0n) is 11.1. The van der Waals surface area contributed by atoms with E-state index < -0.39 is 0 Å². The van der Waals surface area contributed by atoms with E-state index in [1.807, 2.05) is 13.8 Å². The van der Waals surface area contributed by atoms with Gasteiger partial charge in [-0.05, 0) is 6.92 Å². The number of hydrogen-bond donors (Lipinski definition) is 2. The van der Waals surface area contributed by atoms with Crippen molar-refractivity contribution in [2.24, 2.45) is 0 Å². The molecule has 2 N–H and O–H groups in total. The fraction of sp³-hybridized carbons (Fsp3) is 0.636. The molecular formula is C11H17N5O2S. The molecule has 3 amide bonds. The smallest absolute Gasteiger partial charge is 0.324 e. The summed E-state index contributed by atoms with van der Waals surface area (Å²) in [5.74, 6) is 0.842. The SMILES string of the molecule is CC(C)c1nc(S[C@@H](C)C(=O)N2CCNC2=O)n[nH]1. The number of rotatable bonds is 4. The molecule has 0 unspecified atom stereocenters. The van der Waals surface area contributed by atoms with Crippen LogP contribution in [0, 0.1) is 0 Å². The first-order chi connectivity index (χ1) is 8.99. The van der Waals surface area contributed by atoms with Gasteiger partial charge >= 0.3 is 6.03 Å². The second-order valence-electron chi connectivity index (χ2n) is 4.64. The number of aromatic nitrogens is 3. The summed E-state index contributed by atoms with van der Waals surface area (Å²) in [5, 5.41) is 9.65. The van der Waals surface area contributed by atoms with Crippen LogP contribution in [0.2, 0.25) is 0 Å². The minimum Gasteiger partial charge on any atom is -0.336 e. The number of thioether (sulfide) groups is 1. The lowest BCUT2D eigenvalue weighted by atomic mass is 10.2. The molecule has 1 saturated heterocycles. The number of carbonyl (C=O) groups excluding carboxylic acids is 2. The van der Waals surface area contributed by atoms with Crippen molar-refractivity contribution in [2.75, 3.05) is 13.1 Å². The highest BCUT2D eigenvalue weighted by atomic mass is 32.2. The Balaban J connectivity index is 1.97. The van der Waals surface area contributed by atoms with Crippen molar-refractivity contribution in [3.05, 3.63) is 5.82 Å². The minimum atomic E-state index is -0.389. The highest BCUT2D eigenvalue weighted by Crippen LogP contribution is 2.22. The van der Waals surface area contributed by atoms with Crippen molar-refractivity contribution in [3.8, 4) is 0 Å². The summed E-state index contributed by atoms with van der Waals surface area (Å²) in [6.07, 6.45) is 0. The van der Waals surface area contributed by atoms with Gasteiger partial charge in [-0.15, -0.1) is 5.10 Å². The maximum absolute atomic E-state index is 12.1. The maximum atomic E-state index is 12.1. The van der Waals surface area contributed by atoms with Crippen molar-refractivity contribution in [3.63, 3.8) is 0 Å². The number of nitrogens with zero attached hydrogens (tertiary/aromatic N) is 3. The Bertz CT molecular complexity index is 487. The van der Waals surface area contributed by atoms with Gasteiger partial charge in [-0.25, -0.2) is 9.78 Å². The number of amides is 3. The Kier molecular flexibility index (Phi) is 4.08. The van der Waals surface area contributed by atoms with Gasteiger partial charge in [0.15, 0.2) is 0 Å². The molecule has 1 aliphatic heterocycles. The van der Waals surface area contributed by atoms with Crippen LogP contribution in [0.3, 0.4) is 0 Å². The standard InChI is InChI=1S/C11H17N5O2S/c1-6(2)8-13-10(15-14-8)19-7(3)9(17)16-5-4-12-11(16)18/h6-7H,4-5H2,1-3H3,(H,12,18)(H,13,14,15)/t7-/m0/s1. The normalized spacial score (nSPS) is 16.8. The Labute approximate surface area is 115 Å². The van der Waals surface area contributed by atoms with Gasteiger partial charge in [0.05, 0.1) is 5.25 Å². The predicted molar refractivity (Wildman–Crippen MR) is 70.9 cm³/mol. The molecule has 0 aliphatic carbocycles. The maximum Gasteiger partial charge on any atom is 0.324 e. The summed E-state index contributed by atoms with van der Waals surface area (Å²) >= 11 is 1.25. The van der Waals surface area contributed by atoms with Crippen LogP contribution in [0.4, 0.5) is 4.79 Å². The first-order valence-electron chi connectivity index (χ1n) is 6.17. The second-order valence-corrected chi connectivity index (χ2v) is 5.95. The van der Waals surface area contributed by atoms with E-state index in [1.165, 1.54) is 16.7 Å². The van der Waals surface area contributed by atoms with Gasteiger partial charge in [0.2, 0.25) is 11.1 Å². The third-order valence-corrected chi connectivity index (χ3v) is 3.73. The van der Waals surface area contributed by atoms with E-state index in [1.54, 1.807) is 6.92 Å². The predicted octanol–water partition coefficient (Wildman–Crippen LogP) is 0.960. The fourth-order valence-electron chi connectivity index (χ4n) is 1.68. The van der Waals surface area contributed by atoms with Crippen molar-refractivity contribution in [1.82, 2.24) is 25.4 Å². The highest BCUT2D eigenvalue weighted by Gasteiger charge is 2.30. The van der Waals surface area contributed by atoms with E-state index >= 15 is 0 Å². The Hall–Kier alpha value is -1.57. The molecule has 0 saturated carbocycles. The van der Waals surface area contributed by atoms with Crippen LogP contribution in [0.25, 0.3) is 0 Å². The molecule has 1 aromatic rings. The van der Waals surface area contributed by atoms with E-state index in [0.29, 0.717) is 18.2 Å². The average molecular weight is 283 g/mol. The molecule has 7 nitrogen and oxygen atoms in total. The van der Waals surface area contributed by atoms with E-state index in [9.17, 15) is 9.59 Å². The Morgan fingerprint density at radius 1 is 1.42 bits per heavy atom. The van der Waals surface area contributed by atoms with Crippen LogP contribution in [0.15, 0.2) is 5.16 Å². The van der Waals surface area contributed by atoms with Gasteiger partial charge in [-0.3, -0.25) is 14.8 Å². The quantitative estimate of drug-likeness (QED) is 0.803. The number of hydrogen-bond acceptors (Lipinski definition) is 5. The monoisotopic (exact) mass is 283 g/mol. The lowest BCUT2D eigenvalue weighted by molar-refractivity contribution is -0.126. The molecule has 0 aromatic carbocycles. The van der Waals surface area contributed by atoms with Crippen LogP contribution < -0.4 is 5.32 Å². The molecule has 1 fully saturated rings. The van der Waals surface area contributed by atoms with Crippen LogP contribution in [-0.4, -0.2) is 50.4 Å². The van der Waals surface area contributed by atoms with E-state index in [4.69, 9.17) is 0 Å².